The van der Waals surface area contributed by atoms with Crippen molar-refractivity contribution in [2.75, 3.05) is 32.9 Å². The van der Waals surface area contributed by atoms with E-state index in [2.05, 4.69) is 6.07 Å². The molecule has 0 saturated carbocycles. The highest BCUT2D eigenvalue weighted by Gasteiger charge is 2.40. The Hall–Kier alpha value is -1.97. The van der Waals surface area contributed by atoms with Crippen molar-refractivity contribution in [3.05, 3.63) is 35.6 Å². The van der Waals surface area contributed by atoms with Gasteiger partial charge in [-0.15, -0.1) is 0 Å². The van der Waals surface area contributed by atoms with Gasteiger partial charge < -0.3 is 9.47 Å². The number of nitrogens with zero attached hydrogens (tertiary/aromatic N) is 2. The Bertz CT molecular complexity index is 581. The topological polar surface area (TPSA) is 62.6 Å². The Morgan fingerprint density at radius 2 is 2.22 bits per heavy atom. The number of rotatable bonds is 6. The first-order valence-electron chi connectivity index (χ1n) is 7.78. The average molecular weight is 320 g/mol. The van der Waals surface area contributed by atoms with E-state index >= 15 is 0 Å². The molecule has 0 bridgehead atoms. The lowest BCUT2D eigenvalue weighted by Gasteiger charge is -2.41. The minimum absolute atomic E-state index is 0.106. The number of esters is 1. The molecule has 1 atom stereocenters. The van der Waals surface area contributed by atoms with E-state index in [1.54, 1.807) is 19.1 Å². The summed E-state index contributed by atoms with van der Waals surface area (Å²) in [5.74, 6) is -0.747. The van der Waals surface area contributed by atoms with E-state index in [-0.39, 0.29) is 18.8 Å². The molecule has 2 rings (SSSR count). The number of halogens is 1. The van der Waals surface area contributed by atoms with Gasteiger partial charge in [0, 0.05) is 19.5 Å². The Morgan fingerprint density at radius 1 is 1.48 bits per heavy atom. The first-order valence-corrected chi connectivity index (χ1v) is 7.78. The molecular formula is C17H21FN2O3. The van der Waals surface area contributed by atoms with Crippen molar-refractivity contribution in [1.29, 1.82) is 5.26 Å². The maximum Gasteiger partial charge on any atom is 0.305 e. The van der Waals surface area contributed by atoms with Crippen molar-refractivity contribution in [3.8, 4) is 6.07 Å². The molecule has 1 unspecified atom stereocenters. The van der Waals surface area contributed by atoms with Gasteiger partial charge in [-0.05, 0) is 31.0 Å². The van der Waals surface area contributed by atoms with Gasteiger partial charge in [-0.2, -0.15) is 5.26 Å². The lowest BCUT2D eigenvalue weighted by molar-refractivity contribution is -0.144. The minimum Gasteiger partial charge on any atom is -0.466 e. The number of carbonyl (C=O) groups excluding carboxylic acids is 1. The van der Waals surface area contributed by atoms with Crippen molar-refractivity contribution >= 4 is 5.97 Å². The summed E-state index contributed by atoms with van der Waals surface area (Å²) in [6.07, 6.45) is 0.362. The number of benzene rings is 1. The van der Waals surface area contributed by atoms with Crippen molar-refractivity contribution in [2.45, 2.75) is 25.3 Å². The number of ether oxygens (including phenoxy) is 2. The lowest BCUT2D eigenvalue weighted by atomic mass is 9.84. The maximum absolute atomic E-state index is 13.7. The molecule has 5 nitrogen and oxygen atoms in total. The van der Waals surface area contributed by atoms with Crippen LogP contribution < -0.4 is 0 Å². The average Bonchev–Trinajstić information content (AvgIpc) is 2.57. The summed E-state index contributed by atoms with van der Waals surface area (Å²) in [5, 5.41) is 9.91. The lowest BCUT2D eigenvalue weighted by Crippen LogP contribution is -2.51. The largest absolute Gasteiger partial charge is 0.466 e. The molecule has 0 radical (unpaired) electrons. The molecule has 0 amide bonds. The predicted molar refractivity (Wildman–Crippen MR) is 82.0 cm³/mol. The molecule has 1 heterocycles. The van der Waals surface area contributed by atoms with E-state index in [0.29, 0.717) is 38.5 Å². The number of nitriles is 1. The molecule has 23 heavy (non-hydrogen) atoms. The van der Waals surface area contributed by atoms with Gasteiger partial charge >= 0.3 is 5.97 Å². The molecule has 0 N–H and O–H groups in total. The summed E-state index contributed by atoms with van der Waals surface area (Å²) in [5.41, 5.74) is -0.496. The molecule has 1 aliphatic rings. The van der Waals surface area contributed by atoms with Crippen LogP contribution in [0.2, 0.25) is 0 Å². The third-order valence-corrected chi connectivity index (χ3v) is 4.03. The van der Waals surface area contributed by atoms with Crippen LogP contribution in [-0.2, 0) is 19.8 Å². The van der Waals surface area contributed by atoms with Crippen molar-refractivity contribution in [2.24, 2.45) is 0 Å². The second-order valence-electron chi connectivity index (χ2n) is 5.39. The number of carbonyl (C=O) groups is 1. The van der Waals surface area contributed by atoms with Gasteiger partial charge in [-0.3, -0.25) is 9.69 Å². The SMILES string of the molecule is CCOC(=O)CCC(C#N)(c1cccc(F)c1)N1CCOCC1. The number of hydrogen-bond acceptors (Lipinski definition) is 5. The zero-order chi connectivity index (χ0) is 16.7. The van der Waals surface area contributed by atoms with E-state index in [1.807, 2.05) is 4.90 Å². The van der Waals surface area contributed by atoms with Crippen molar-refractivity contribution in [3.63, 3.8) is 0 Å². The molecule has 6 heteroatoms. The second kappa shape index (κ2) is 8.04. The zero-order valence-corrected chi connectivity index (χ0v) is 13.3. The molecule has 1 aromatic rings. The molecule has 1 saturated heterocycles. The van der Waals surface area contributed by atoms with E-state index < -0.39 is 11.4 Å². The smallest absolute Gasteiger partial charge is 0.305 e. The van der Waals surface area contributed by atoms with Gasteiger partial charge in [-0.1, -0.05) is 12.1 Å². The molecule has 0 aliphatic carbocycles. The molecular weight excluding hydrogens is 299 g/mol. The minimum atomic E-state index is -1.06. The molecule has 1 fully saturated rings. The molecule has 0 aromatic heterocycles. The summed E-state index contributed by atoms with van der Waals surface area (Å²) in [6.45, 7) is 4.19. The monoisotopic (exact) mass is 320 g/mol. The van der Waals surface area contributed by atoms with Crippen LogP contribution in [0.25, 0.3) is 0 Å². The van der Waals surface area contributed by atoms with Gasteiger partial charge in [0.25, 0.3) is 0 Å². The van der Waals surface area contributed by atoms with E-state index in [0.717, 1.165) is 0 Å². The highest BCUT2D eigenvalue weighted by molar-refractivity contribution is 5.69. The van der Waals surface area contributed by atoms with E-state index in [4.69, 9.17) is 9.47 Å². The Morgan fingerprint density at radius 3 is 2.83 bits per heavy atom. The van der Waals surface area contributed by atoms with Gasteiger partial charge in [0.05, 0.1) is 25.9 Å². The third-order valence-electron chi connectivity index (χ3n) is 4.03. The Kier molecular flexibility index (Phi) is 6.08. The van der Waals surface area contributed by atoms with Gasteiger partial charge in [0.15, 0.2) is 0 Å². The van der Waals surface area contributed by atoms with Gasteiger partial charge in [0.1, 0.15) is 11.4 Å². The standard InChI is InChI=1S/C17H21FN2O3/c1-2-23-16(21)6-7-17(13-19,20-8-10-22-11-9-20)14-4-3-5-15(18)12-14/h3-5,12H,2,6-11H2,1H3. The molecule has 1 aromatic carbocycles. The van der Waals surface area contributed by atoms with Crippen LogP contribution >= 0.6 is 0 Å². The molecule has 1 aliphatic heterocycles. The highest BCUT2D eigenvalue weighted by atomic mass is 19.1. The zero-order valence-electron chi connectivity index (χ0n) is 13.3. The molecule has 124 valence electrons. The Labute approximate surface area is 135 Å². The summed E-state index contributed by atoms with van der Waals surface area (Å²) >= 11 is 0. The highest BCUT2D eigenvalue weighted by Crippen LogP contribution is 2.34. The number of morpholine rings is 1. The predicted octanol–water partition coefficient (Wildman–Crippen LogP) is 2.22. The number of hydrogen-bond donors (Lipinski definition) is 0. The van der Waals surface area contributed by atoms with Crippen molar-refractivity contribution in [1.82, 2.24) is 4.90 Å². The fourth-order valence-corrected chi connectivity index (χ4v) is 2.88. The fraction of sp³-hybridized carbons (Fsp3) is 0.529. The van der Waals surface area contributed by atoms with Crippen LogP contribution in [0, 0.1) is 17.1 Å². The normalized spacial score (nSPS) is 18.0. The van der Waals surface area contributed by atoms with Gasteiger partial charge in [-0.25, -0.2) is 4.39 Å². The van der Waals surface area contributed by atoms with Crippen LogP contribution in [0.15, 0.2) is 24.3 Å². The Balaban J connectivity index is 2.31. The van der Waals surface area contributed by atoms with E-state index in [9.17, 15) is 14.4 Å². The van der Waals surface area contributed by atoms with Crippen LogP contribution in [0.5, 0.6) is 0 Å². The van der Waals surface area contributed by atoms with Crippen molar-refractivity contribution < 1.29 is 18.7 Å². The fourth-order valence-electron chi connectivity index (χ4n) is 2.88. The summed E-state index contributed by atoms with van der Waals surface area (Å²) in [6, 6.07) is 8.34. The second-order valence-corrected chi connectivity index (χ2v) is 5.39. The van der Waals surface area contributed by atoms with Gasteiger partial charge in [0.2, 0.25) is 0 Å². The third kappa shape index (κ3) is 4.06. The molecule has 0 spiro atoms. The first kappa shape index (κ1) is 17.4. The van der Waals surface area contributed by atoms with Crippen LogP contribution in [0.4, 0.5) is 4.39 Å². The van der Waals surface area contributed by atoms with Crippen LogP contribution in [0.3, 0.4) is 0 Å². The summed E-state index contributed by atoms with van der Waals surface area (Å²) in [4.78, 5) is 13.7. The summed E-state index contributed by atoms with van der Waals surface area (Å²) < 4.78 is 24.0. The van der Waals surface area contributed by atoms with E-state index in [1.165, 1.54) is 12.1 Å². The summed E-state index contributed by atoms with van der Waals surface area (Å²) in [7, 11) is 0. The van der Waals surface area contributed by atoms with Crippen LogP contribution in [-0.4, -0.2) is 43.8 Å². The quantitative estimate of drug-likeness (QED) is 0.752. The maximum atomic E-state index is 13.7. The first-order chi connectivity index (χ1) is 11.1. The van der Waals surface area contributed by atoms with Crippen LogP contribution in [0.1, 0.15) is 25.3 Å².